The number of furan rings is 1. The highest BCUT2D eigenvalue weighted by molar-refractivity contribution is 6.02. The fraction of sp³-hybridized carbons (Fsp3) is 0.100. The van der Waals surface area contributed by atoms with Crippen molar-refractivity contribution < 1.29 is 18.4 Å². The van der Waals surface area contributed by atoms with E-state index in [0.29, 0.717) is 11.3 Å². The van der Waals surface area contributed by atoms with Gasteiger partial charge in [0.25, 0.3) is 0 Å². The lowest BCUT2D eigenvalue weighted by atomic mass is 10.00. The molecule has 0 bridgehead atoms. The minimum absolute atomic E-state index is 0.0842. The van der Waals surface area contributed by atoms with Crippen molar-refractivity contribution in [2.45, 2.75) is 13.8 Å². The molecular formula is C20H14O6. The second kappa shape index (κ2) is 5.77. The molecule has 0 atom stereocenters. The van der Waals surface area contributed by atoms with E-state index < -0.39 is 11.3 Å². The lowest BCUT2D eigenvalue weighted by Gasteiger charge is -2.05. The maximum Gasteiger partial charge on any atom is 0.347 e. The summed E-state index contributed by atoms with van der Waals surface area (Å²) in [5, 5.41) is 10.5. The smallest absolute Gasteiger partial charge is 0.347 e. The summed E-state index contributed by atoms with van der Waals surface area (Å²) in [5.41, 5.74) is -0.472. The average Bonchev–Trinajstić information content (AvgIpc) is 2.94. The van der Waals surface area contributed by atoms with Crippen LogP contribution in [0.1, 0.15) is 11.5 Å². The van der Waals surface area contributed by atoms with Crippen LogP contribution in [0.2, 0.25) is 0 Å². The zero-order chi connectivity index (χ0) is 18.4. The Morgan fingerprint density at radius 1 is 0.808 bits per heavy atom. The van der Waals surface area contributed by atoms with Crippen LogP contribution in [0.5, 0.6) is 5.75 Å². The molecule has 0 aliphatic heterocycles. The van der Waals surface area contributed by atoms with Crippen LogP contribution in [0.15, 0.2) is 65.3 Å². The molecule has 3 aromatic heterocycles. The summed E-state index contributed by atoms with van der Waals surface area (Å²) in [6, 6.07) is 11.9. The maximum absolute atomic E-state index is 12.5. The summed E-state index contributed by atoms with van der Waals surface area (Å²) < 4.78 is 16.2. The number of hydrogen-bond donors (Lipinski definition) is 1. The maximum atomic E-state index is 12.5. The van der Waals surface area contributed by atoms with E-state index in [1.807, 2.05) is 6.07 Å². The van der Waals surface area contributed by atoms with Crippen LogP contribution in [0.4, 0.5) is 0 Å². The Hall–Kier alpha value is -3.54. The van der Waals surface area contributed by atoms with Gasteiger partial charge in [-0.1, -0.05) is 30.3 Å². The number of fused-ring (bicyclic) bond motifs is 1. The van der Waals surface area contributed by atoms with Crippen LogP contribution in [0, 0.1) is 13.8 Å². The van der Waals surface area contributed by atoms with Gasteiger partial charge in [0, 0.05) is 17.7 Å². The second-order valence-electron chi connectivity index (χ2n) is 5.96. The molecule has 0 aliphatic rings. The summed E-state index contributed by atoms with van der Waals surface area (Å²) in [7, 11) is 0. The Kier molecular flexibility index (Phi) is 3.54. The third-order valence-electron chi connectivity index (χ3n) is 4.07. The van der Waals surface area contributed by atoms with Crippen LogP contribution in [-0.2, 0) is 0 Å². The lowest BCUT2D eigenvalue weighted by molar-refractivity contribution is 0.438. The number of aromatic hydroxyl groups is 1. The SMILES string of the molecule is Cc1cc(O)c(-c2c(-c3ccccc3)oc3cc(C)oc(=O)c23)c(=O)o1. The summed E-state index contributed by atoms with van der Waals surface area (Å²) in [6.45, 7) is 3.18. The molecule has 6 nitrogen and oxygen atoms in total. The number of rotatable bonds is 2. The van der Waals surface area contributed by atoms with Crippen molar-refractivity contribution in [3.05, 3.63) is 74.8 Å². The lowest BCUT2D eigenvalue weighted by Crippen LogP contribution is -2.07. The quantitative estimate of drug-likeness (QED) is 0.587. The fourth-order valence-electron chi connectivity index (χ4n) is 3.02. The van der Waals surface area contributed by atoms with E-state index in [0.717, 1.165) is 0 Å². The molecule has 4 aromatic rings. The highest BCUT2D eigenvalue weighted by Crippen LogP contribution is 2.41. The molecule has 3 heterocycles. The van der Waals surface area contributed by atoms with E-state index in [-0.39, 0.29) is 39.4 Å². The zero-order valence-corrected chi connectivity index (χ0v) is 14.0. The van der Waals surface area contributed by atoms with Crippen LogP contribution in [-0.4, -0.2) is 5.11 Å². The molecule has 0 unspecified atom stereocenters. The van der Waals surface area contributed by atoms with Gasteiger partial charge in [-0.3, -0.25) is 0 Å². The Morgan fingerprint density at radius 3 is 2.15 bits per heavy atom. The fourth-order valence-corrected chi connectivity index (χ4v) is 3.02. The molecule has 0 radical (unpaired) electrons. The van der Waals surface area contributed by atoms with Gasteiger partial charge in [0.15, 0.2) is 0 Å². The predicted octanol–water partition coefficient (Wildman–Crippen LogP) is 4.00. The van der Waals surface area contributed by atoms with E-state index >= 15 is 0 Å². The number of benzene rings is 1. The molecule has 26 heavy (non-hydrogen) atoms. The van der Waals surface area contributed by atoms with Gasteiger partial charge < -0.3 is 18.4 Å². The Balaban J connectivity index is 2.21. The molecule has 0 aliphatic carbocycles. The van der Waals surface area contributed by atoms with Crippen LogP contribution in [0.3, 0.4) is 0 Å². The van der Waals surface area contributed by atoms with Gasteiger partial charge >= 0.3 is 11.3 Å². The highest BCUT2D eigenvalue weighted by atomic mass is 16.4. The van der Waals surface area contributed by atoms with Gasteiger partial charge in [-0.2, -0.15) is 0 Å². The molecule has 1 aromatic carbocycles. The van der Waals surface area contributed by atoms with Crippen LogP contribution in [0.25, 0.3) is 33.4 Å². The highest BCUT2D eigenvalue weighted by Gasteiger charge is 2.26. The Bertz CT molecular complexity index is 1240. The third kappa shape index (κ3) is 2.43. The van der Waals surface area contributed by atoms with Gasteiger partial charge in [0.05, 0.1) is 5.56 Å². The van der Waals surface area contributed by atoms with E-state index in [1.165, 1.54) is 6.07 Å². The van der Waals surface area contributed by atoms with Gasteiger partial charge in [0.2, 0.25) is 0 Å². The Labute approximate surface area is 146 Å². The van der Waals surface area contributed by atoms with Crippen LogP contribution < -0.4 is 11.3 Å². The second-order valence-corrected chi connectivity index (χ2v) is 5.96. The number of aryl methyl sites for hydroxylation is 2. The topological polar surface area (TPSA) is 93.8 Å². The first-order valence-electron chi connectivity index (χ1n) is 7.92. The van der Waals surface area contributed by atoms with Gasteiger partial charge in [0.1, 0.15) is 39.6 Å². The first-order chi connectivity index (χ1) is 12.5. The molecule has 1 N–H and O–H groups in total. The number of hydrogen-bond acceptors (Lipinski definition) is 6. The van der Waals surface area contributed by atoms with Crippen molar-refractivity contribution in [3.63, 3.8) is 0 Å². The minimum Gasteiger partial charge on any atom is -0.507 e. The van der Waals surface area contributed by atoms with Gasteiger partial charge in [-0.15, -0.1) is 0 Å². The Morgan fingerprint density at radius 2 is 1.46 bits per heavy atom. The zero-order valence-electron chi connectivity index (χ0n) is 14.0. The molecule has 0 amide bonds. The van der Waals surface area contributed by atoms with E-state index in [4.69, 9.17) is 13.3 Å². The van der Waals surface area contributed by atoms with Gasteiger partial charge in [-0.05, 0) is 13.8 Å². The van der Waals surface area contributed by atoms with Crippen LogP contribution >= 0.6 is 0 Å². The predicted molar refractivity (Wildman–Crippen MR) is 95.3 cm³/mol. The van der Waals surface area contributed by atoms with Crippen molar-refractivity contribution in [1.29, 1.82) is 0 Å². The average molecular weight is 350 g/mol. The first kappa shape index (κ1) is 16.0. The first-order valence-corrected chi connectivity index (χ1v) is 7.92. The summed E-state index contributed by atoms with van der Waals surface area (Å²) in [4.78, 5) is 25.0. The minimum atomic E-state index is -0.762. The third-order valence-corrected chi connectivity index (χ3v) is 4.07. The summed E-state index contributed by atoms with van der Waals surface area (Å²) in [6.07, 6.45) is 0. The van der Waals surface area contributed by atoms with Crippen molar-refractivity contribution in [1.82, 2.24) is 0 Å². The van der Waals surface area contributed by atoms with Crippen molar-refractivity contribution in [2.75, 3.05) is 0 Å². The molecular weight excluding hydrogens is 336 g/mol. The molecule has 130 valence electrons. The largest absolute Gasteiger partial charge is 0.507 e. The van der Waals surface area contributed by atoms with Crippen molar-refractivity contribution in [3.8, 4) is 28.2 Å². The summed E-state index contributed by atoms with van der Waals surface area (Å²) in [5.74, 6) is 0.624. The van der Waals surface area contributed by atoms with E-state index in [1.54, 1.807) is 44.2 Å². The van der Waals surface area contributed by atoms with E-state index in [9.17, 15) is 14.7 Å². The van der Waals surface area contributed by atoms with E-state index in [2.05, 4.69) is 0 Å². The monoisotopic (exact) mass is 350 g/mol. The molecule has 0 spiro atoms. The van der Waals surface area contributed by atoms with Crippen molar-refractivity contribution >= 4 is 11.0 Å². The molecule has 0 saturated heterocycles. The molecule has 6 heteroatoms. The standard InChI is InChI=1S/C20H14O6/c1-10-8-13(21)15(19(22)24-10)17-16-14(9-11(2)25-20(16)23)26-18(17)12-6-4-3-5-7-12/h3-9,21H,1-2H3. The molecule has 4 rings (SSSR count). The normalized spacial score (nSPS) is 11.2. The van der Waals surface area contributed by atoms with Gasteiger partial charge in [-0.25, -0.2) is 9.59 Å². The molecule has 0 fully saturated rings. The summed E-state index contributed by atoms with van der Waals surface area (Å²) >= 11 is 0. The van der Waals surface area contributed by atoms with Crippen molar-refractivity contribution in [2.24, 2.45) is 0 Å². The molecule has 0 saturated carbocycles.